The maximum absolute atomic E-state index is 12.9. The Morgan fingerprint density at radius 2 is 1.54 bits per heavy atom. The highest BCUT2D eigenvalue weighted by Crippen LogP contribution is 2.29. The van der Waals surface area contributed by atoms with Crippen LogP contribution in [-0.2, 0) is 0 Å². The number of hydrogen-bond donors (Lipinski definition) is 2. The van der Waals surface area contributed by atoms with Crippen LogP contribution < -0.4 is 10.6 Å². The summed E-state index contributed by atoms with van der Waals surface area (Å²) in [5, 5.41) is 5.59. The molecule has 1 aromatic carbocycles. The maximum Gasteiger partial charge on any atom is 0.269 e. The van der Waals surface area contributed by atoms with E-state index in [1.807, 2.05) is 63.2 Å². The van der Waals surface area contributed by atoms with Gasteiger partial charge in [-0.05, 0) is 78.1 Å². The van der Waals surface area contributed by atoms with Crippen LogP contribution in [0.1, 0.15) is 51.9 Å². The fourth-order valence-electron chi connectivity index (χ4n) is 3.72. The van der Waals surface area contributed by atoms with E-state index < -0.39 is 0 Å². The van der Waals surface area contributed by atoms with Gasteiger partial charge in [-0.2, -0.15) is 0 Å². The zero-order valence-electron chi connectivity index (χ0n) is 20.2. The third-order valence-electron chi connectivity index (χ3n) is 5.72. The number of carbonyl (C=O) groups is 2. The van der Waals surface area contributed by atoms with Crippen molar-refractivity contribution in [2.24, 2.45) is 0 Å². The number of pyridine rings is 3. The van der Waals surface area contributed by atoms with Gasteiger partial charge in [0, 0.05) is 48.1 Å². The summed E-state index contributed by atoms with van der Waals surface area (Å²) in [6.45, 7) is 6.12. The molecule has 0 spiro atoms. The molecule has 4 rings (SSSR count). The van der Waals surface area contributed by atoms with Crippen LogP contribution in [0.15, 0.2) is 73.2 Å². The van der Waals surface area contributed by atoms with E-state index in [2.05, 4.69) is 25.6 Å². The Labute approximate surface area is 204 Å². The van der Waals surface area contributed by atoms with Crippen LogP contribution in [0, 0.1) is 6.92 Å². The molecule has 0 atom stereocenters. The number of aromatic nitrogens is 3. The number of benzene rings is 1. The second-order valence-electron chi connectivity index (χ2n) is 8.55. The highest BCUT2D eigenvalue weighted by atomic mass is 16.2. The molecule has 7 nitrogen and oxygen atoms in total. The molecular weight excluding hydrogens is 438 g/mol. The highest BCUT2D eigenvalue weighted by Gasteiger charge is 2.12. The van der Waals surface area contributed by atoms with Gasteiger partial charge in [-0.3, -0.25) is 24.5 Å². The molecule has 7 heteroatoms. The van der Waals surface area contributed by atoms with E-state index in [1.165, 1.54) is 0 Å². The van der Waals surface area contributed by atoms with Gasteiger partial charge in [0.05, 0.1) is 5.69 Å². The molecule has 176 valence electrons. The first-order valence-electron chi connectivity index (χ1n) is 11.4. The average Bonchev–Trinajstić information content (AvgIpc) is 2.89. The minimum atomic E-state index is -0.253. The Balaban J connectivity index is 1.63. The predicted octanol–water partition coefficient (Wildman–Crippen LogP) is 5.25. The normalized spacial score (nSPS) is 10.8. The Morgan fingerprint density at radius 3 is 2.31 bits per heavy atom. The zero-order chi connectivity index (χ0) is 24.9. The molecule has 0 aliphatic carbocycles. The van der Waals surface area contributed by atoms with E-state index in [0.29, 0.717) is 16.9 Å². The monoisotopic (exact) mass is 465 g/mol. The molecule has 2 N–H and O–H groups in total. The zero-order valence-corrected chi connectivity index (χ0v) is 20.2. The van der Waals surface area contributed by atoms with E-state index in [4.69, 9.17) is 0 Å². The quantitative estimate of drug-likeness (QED) is 0.405. The van der Waals surface area contributed by atoms with E-state index in [1.54, 1.807) is 37.8 Å². The van der Waals surface area contributed by atoms with Crippen LogP contribution >= 0.6 is 0 Å². The number of aryl methyl sites for hydroxylation is 1. The van der Waals surface area contributed by atoms with Crippen LogP contribution in [0.2, 0.25) is 0 Å². The van der Waals surface area contributed by atoms with Crippen molar-refractivity contribution in [3.63, 3.8) is 0 Å². The number of hydrogen-bond acceptors (Lipinski definition) is 5. The summed E-state index contributed by atoms with van der Waals surface area (Å²) in [4.78, 5) is 37.8. The lowest BCUT2D eigenvalue weighted by atomic mass is 9.98. The van der Waals surface area contributed by atoms with E-state index in [9.17, 15) is 9.59 Å². The predicted molar refractivity (Wildman–Crippen MR) is 137 cm³/mol. The van der Waals surface area contributed by atoms with Gasteiger partial charge in [0.15, 0.2) is 0 Å². The lowest BCUT2D eigenvalue weighted by Crippen LogP contribution is -2.19. The summed E-state index contributed by atoms with van der Waals surface area (Å²) in [5.74, 6) is -0.197. The summed E-state index contributed by atoms with van der Waals surface area (Å²) in [6.07, 6.45) is 5.00. The summed E-state index contributed by atoms with van der Waals surface area (Å²) < 4.78 is 0. The van der Waals surface area contributed by atoms with Gasteiger partial charge in [0.25, 0.3) is 11.8 Å². The van der Waals surface area contributed by atoms with Crippen molar-refractivity contribution in [2.45, 2.75) is 26.7 Å². The first kappa shape index (κ1) is 23.8. The summed E-state index contributed by atoms with van der Waals surface area (Å²) in [6, 6.07) is 16.8. The lowest BCUT2D eigenvalue weighted by molar-refractivity contribution is 0.0957. The molecule has 4 aromatic rings. The van der Waals surface area contributed by atoms with E-state index >= 15 is 0 Å². The van der Waals surface area contributed by atoms with Crippen molar-refractivity contribution >= 4 is 17.5 Å². The lowest BCUT2D eigenvalue weighted by Gasteiger charge is -2.12. The molecule has 0 saturated carbocycles. The van der Waals surface area contributed by atoms with Crippen molar-refractivity contribution in [2.75, 3.05) is 12.4 Å². The molecule has 0 fully saturated rings. The number of nitrogens with zero attached hydrogens (tertiary/aromatic N) is 3. The number of nitrogens with one attached hydrogen (secondary N) is 2. The second-order valence-corrected chi connectivity index (χ2v) is 8.55. The molecule has 0 bridgehead atoms. The van der Waals surface area contributed by atoms with Gasteiger partial charge in [-0.1, -0.05) is 19.9 Å². The fraction of sp³-hybridized carbons (Fsp3) is 0.179. The summed E-state index contributed by atoms with van der Waals surface area (Å²) in [5.41, 5.74) is 6.98. The largest absolute Gasteiger partial charge is 0.354 e. The van der Waals surface area contributed by atoms with Crippen LogP contribution in [0.5, 0.6) is 0 Å². The topological polar surface area (TPSA) is 96.9 Å². The Hall–Kier alpha value is -4.39. The molecule has 35 heavy (non-hydrogen) atoms. The van der Waals surface area contributed by atoms with Crippen LogP contribution in [-0.4, -0.2) is 33.8 Å². The molecule has 3 aromatic heterocycles. The number of anilines is 1. The molecular formula is C28H27N5O2. The Kier molecular flexibility index (Phi) is 6.96. The summed E-state index contributed by atoms with van der Waals surface area (Å²) >= 11 is 0. The van der Waals surface area contributed by atoms with Gasteiger partial charge >= 0.3 is 0 Å². The molecule has 0 unspecified atom stereocenters. The smallest absolute Gasteiger partial charge is 0.269 e. The molecule has 2 amide bonds. The molecule has 3 heterocycles. The van der Waals surface area contributed by atoms with E-state index in [0.717, 1.165) is 33.6 Å². The molecule has 0 radical (unpaired) electrons. The van der Waals surface area contributed by atoms with Crippen LogP contribution in [0.25, 0.3) is 22.4 Å². The Bertz CT molecular complexity index is 1400. The van der Waals surface area contributed by atoms with Gasteiger partial charge in [-0.25, -0.2) is 0 Å². The number of carbonyl (C=O) groups excluding carboxylic acids is 2. The molecule has 0 saturated heterocycles. The third kappa shape index (κ3) is 5.41. The molecule has 0 aliphatic rings. The van der Waals surface area contributed by atoms with Crippen molar-refractivity contribution in [1.82, 2.24) is 20.3 Å². The fourth-order valence-corrected chi connectivity index (χ4v) is 3.72. The number of amides is 2. The van der Waals surface area contributed by atoms with Gasteiger partial charge in [0.2, 0.25) is 0 Å². The summed E-state index contributed by atoms with van der Waals surface area (Å²) in [7, 11) is 1.57. The van der Waals surface area contributed by atoms with Crippen molar-refractivity contribution in [3.05, 3.63) is 95.7 Å². The third-order valence-corrected chi connectivity index (χ3v) is 5.72. The second kappa shape index (κ2) is 10.3. The van der Waals surface area contributed by atoms with Crippen LogP contribution in [0.4, 0.5) is 5.69 Å². The van der Waals surface area contributed by atoms with Crippen molar-refractivity contribution in [1.29, 1.82) is 0 Å². The molecule has 0 aliphatic heterocycles. The van der Waals surface area contributed by atoms with E-state index in [-0.39, 0.29) is 17.7 Å². The average molecular weight is 466 g/mol. The SMILES string of the molecule is CNC(=O)c1cc(-c2cc(-c3cc(NC(=O)c4ccnc(C(C)C)c4)ccc3C)ccn2)ccn1. The van der Waals surface area contributed by atoms with Gasteiger partial charge in [0.1, 0.15) is 5.69 Å². The Morgan fingerprint density at radius 1 is 0.800 bits per heavy atom. The highest BCUT2D eigenvalue weighted by molar-refractivity contribution is 6.04. The minimum absolute atomic E-state index is 0.182. The first-order valence-corrected chi connectivity index (χ1v) is 11.4. The van der Waals surface area contributed by atoms with Crippen molar-refractivity contribution < 1.29 is 9.59 Å². The minimum Gasteiger partial charge on any atom is -0.354 e. The van der Waals surface area contributed by atoms with Gasteiger partial charge < -0.3 is 10.6 Å². The van der Waals surface area contributed by atoms with Gasteiger partial charge in [-0.15, -0.1) is 0 Å². The van der Waals surface area contributed by atoms with Crippen molar-refractivity contribution in [3.8, 4) is 22.4 Å². The number of rotatable bonds is 6. The standard InChI is InChI=1S/C28H27N5O2/c1-17(2)24-15-21(9-12-30-24)27(34)33-22-6-5-18(3)23(16-22)19-7-10-31-25(13-19)20-8-11-32-26(14-20)28(35)29-4/h5-17H,1-4H3,(H,29,35)(H,33,34). The maximum atomic E-state index is 12.9. The first-order chi connectivity index (χ1) is 16.9. The van der Waals surface area contributed by atoms with Crippen LogP contribution in [0.3, 0.4) is 0 Å².